The molecule has 4 rings (SSSR count). The van der Waals surface area contributed by atoms with Gasteiger partial charge in [-0.15, -0.1) is 0 Å². The van der Waals surface area contributed by atoms with Crippen LogP contribution in [-0.4, -0.2) is 42.6 Å². The fraction of sp³-hybridized carbons (Fsp3) is 0.889. The predicted molar refractivity (Wildman–Crippen MR) is 184 cm³/mol. The average Bonchev–Trinajstić information content (AvgIpc) is 3.31. The molecule has 0 aromatic carbocycles. The molecule has 0 aromatic rings. The molecule has 0 spiro atoms. The van der Waals surface area contributed by atoms with Crippen LogP contribution in [0.1, 0.15) is 130 Å². The Morgan fingerprint density at radius 2 is 1.77 bits per heavy atom. The first-order chi connectivity index (χ1) is 20.7. The van der Waals surface area contributed by atoms with Crippen molar-refractivity contribution < 1.29 is 14.3 Å². The van der Waals surface area contributed by atoms with Crippen LogP contribution in [0, 0.1) is 40.4 Å². The number of rotatable bonds is 17. The predicted octanol–water partition coefficient (Wildman–Crippen LogP) is 8.71. The number of hydrogen-bond donors (Lipinski definition) is 2. The first-order valence-corrected chi connectivity index (χ1v) is 20.3. The zero-order valence-electron chi connectivity index (χ0n) is 27.8. The Morgan fingerprint density at radius 1 is 0.977 bits per heavy atom. The van der Waals surface area contributed by atoms with E-state index in [9.17, 15) is 9.59 Å². The van der Waals surface area contributed by atoms with E-state index >= 15 is 0 Å². The first kappa shape index (κ1) is 35.2. The van der Waals surface area contributed by atoms with Crippen LogP contribution in [0.15, 0.2) is 11.6 Å². The summed E-state index contributed by atoms with van der Waals surface area (Å²) < 4.78 is 5.98. The molecular weight excluding hydrogens is 573 g/mol. The second-order valence-electron chi connectivity index (χ2n) is 15.2. The lowest BCUT2D eigenvalue weighted by molar-refractivity contribution is -0.148. The van der Waals surface area contributed by atoms with E-state index in [1.165, 1.54) is 79.4 Å². The van der Waals surface area contributed by atoms with Gasteiger partial charge >= 0.3 is 5.97 Å². The van der Waals surface area contributed by atoms with Gasteiger partial charge in [0.1, 0.15) is 11.9 Å². The summed E-state index contributed by atoms with van der Waals surface area (Å²) in [7, 11) is 2.88. The zero-order valence-corrected chi connectivity index (χ0v) is 29.4. The molecule has 43 heavy (non-hydrogen) atoms. The van der Waals surface area contributed by atoms with E-state index in [0.717, 1.165) is 81.1 Å². The van der Waals surface area contributed by atoms with E-state index in [4.69, 9.17) is 10.5 Å². The molecule has 0 saturated heterocycles. The van der Waals surface area contributed by atoms with Crippen LogP contribution >= 0.6 is 21.6 Å². The van der Waals surface area contributed by atoms with Crippen molar-refractivity contribution in [3.8, 4) is 0 Å². The molecule has 4 aliphatic carbocycles. The molecule has 3 N–H and O–H groups in total. The molecule has 0 bridgehead atoms. The van der Waals surface area contributed by atoms with Gasteiger partial charge < -0.3 is 15.8 Å². The van der Waals surface area contributed by atoms with Crippen LogP contribution in [0.2, 0.25) is 0 Å². The minimum atomic E-state index is -0.139. The number of allylic oxidation sites excluding steroid dienone is 1. The SMILES string of the molecule is CC(C)CCCCC1CCC2C3CC=C4CC(OC(=O)CSSCC(=O)NCCCCCCN)CCC4(C)C3CCC12C. The van der Waals surface area contributed by atoms with Crippen molar-refractivity contribution in [2.24, 2.45) is 46.2 Å². The highest BCUT2D eigenvalue weighted by molar-refractivity contribution is 8.77. The number of ether oxygens (including phenoxy) is 1. The summed E-state index contributed by atoms with van der Waals surface area (Å²) in [5.41, 5.74) is 7.92. The minimum absolute atomic E-state index is 0.00657. The van der Waals surface area contributed by atoms with Gasteiger partial charge in [0.2, 0.25) is 5.91 Å². The molecule has 5 nitrogen and oxygen atoms in total. The Morgan fingerprint density at radius 3 is 2.56 bits per heavy atom. The second kappa shape index (κ2) is 16.8. The summed E-state index contributed by atoms with van der Waals surface area (Å²) in [6.45, 7) is 11.4. The van der Waals surface area contributed by atoms with Gasteiger partial charge in [0.05, 0.1) is 5.75 Å². The van der Waals surface area contributed by atoms with Crippen LogP contribution < -0.4 is 11.1 Å². The minimum Gasteiger partial charge on any atom is -0.461 e. The van der Waals surface area contributed by atoms with E-state index < -0.39 is 0 Å². The molecule has 7 unspecified atom stereocenters. The first-order valence-electron chi connectivity index (χ1n) is 17.8. The molecule has 7 heteroatoms. The number of hydrogen-bond acceptors (Lipinski definition) is 6. The summed E-state index contributed by atoms with van der Waals surface area (Å²) in [6.07, 6.45) is 22.5. The average molecular weight is 635 g/mol. The number of nitrogens with one attached hydrogen (secondary N) is 1. The Hall–Kier alpha value is -0.660. The quantitative estimate of drug-likeness (QED) is 0.0721. The Labute approximate surface area is 271 Å². The van der Waals surface area contributed by atoms with Crippen molar-refractivity contribution in [3.05, 3.63) is 11.6 Å². The number of carbonyl (C=O) groups excluding carboxylic acids is 2. The monoisotopic (exact) mass is 634 g/mol. The number of fused-ring (bicyclic) bond motifs is 5. The van der Waals surface area contributed by atoms with Crippen LogP contribution in [-0.2, 0) is 14.3 Å². The molecule has 0 aliphatic heterocycles. The number of amides is 1. The van der Waals surface area contributed by atoms with Gasteiger partial charge in [0.15, 0.2) is 0 Å². The molecule has 246 valence electrons. The summed E-state index contributed by atoms with van der Waals surface area (Å²) >= 11 is 0. The van der Waals surface area contributed by atoms with E-state index in [1.54, 1.807) is 5.57 Å². The van der Waals surface area contributed by atoms with E-state index in [0.29, 0.717) is 23.5 Å². The van der Waals surface area contributed by atoms with Gasteiger partial charge in [-0.1, -0.05) is 93.0 Å². The highest BCUT2D eigenvalue weighted by atomic mass is 33.1. The van der Waals surface area contributed by atoms with Gasteiger partial charge in [0.25, 0.3) is 0 Å². The molecule has 0 heterocycles. The normalized spacial score (nSPS) is 33.3. The van der Waals surface area contributed by atoms with Gasteiger partial charge in [-0.05, 0) is 111 Å². The van der Waals surface area contributed by atoms with Crippen molar-refractivity contribution in [2.45, 2.75) is 137 Å². The third-order valence-corrected chi connectivity index (χ3v) is 14.1. The lowest BCUT2D eigenvalue weighted by Crippen LogP contribution is -2.50. The molecule has 3 fully saturated rings. The number of unbranched alkanes of at least 4 members (excludes halogenated alkanes) is 4. The third kappa shape index (κ3) is 9.21. The summed E-state index contributed by atoms with van der Waals surface area (Å²) in [5, 5.41) is 2.97. The standard InChI is InChI=1S/C36H62N2O3S2/c1-26(2)11-7-8-12-27-14-16-31-30-15-13-28-23-29(17-19-36(28,4)32(30)18-20-35(27,31)3)41-34(40)25-43-42-24-33(39)38-22-10-6-5-9-21-37/h13,26-27,29-32H,5-12,14-25,37H2,1-4H3,(H,38,39). The van der Waals surface area contributed by atoms with Crippen LogP contribution in [0.4, 0.5) is 0 Å². The van der Waals surface area contributed by atoms with E-state index in [-0.39, 0.29) is 23.4 Å². The van der Waals surface area contributed by atoms with Gasteiger partial charge in [-0.25, -0.2) is 0 Å². The van der Waals surface area contributed by atoms with Crippen molar-refractivity contribution in [1.29, 1.82) is 0 Å². The van der Waals surface area contributed by atoms with Crippen molar-refractivity contribution in [3.63, 3.8) is 0 Å². The van der Waals surface area contributed by atoms with Gasteiger partial charge in [0, 0.05) is 13.0 Å². The molecule has 3 saturated carbocycles. The molecule has 0 aromatic heterocycles. The van der Waals surface area contributed by atoms with E-state index in [1.807, 2.05) is 0 Å². The van der Waals surface area contributed by atoms with Crippen LogP contribution in [0.5, 0.6) is 0 Å². The van der Waals surface area contributed by atoms with Crippen LogP contribution in [0.25, 0.3) is 0 Å². The number of nitrogens with two attached hydrogens (primary N) is 1. The second-order valence-corrected chi connectivity index (χ2v) is 17.7. The summed E-state index contributed by atoms with van der Waals surface area (Å²) in [6, 6.07) is 0. The Kier molecular flexibility index (Phi) is 13.7. The largest absolute Gasteiger partial charge is 0.461 e. The van der Waals surface area contributed by atoms with Crippen molar-refractivity contribution in [2.75, 3.05) is 24.6 Å². The lowest BCUT2D eigenvalue weighted by atomic mass is 9.47. The topological polar surface area (TPSA) is 81.4 Å². The third-order valence-electron chi connectivity index (χ3n) is 12.0. The molecular formula is C36H62N2O3S2. The maximum absolute atomic E-state index is 12.7. The molecule has 4 aliphatic rings. The highest BCUT2D eigenvalue weighted by Gasteiger charge is 2.58. The fourth-order valence-electron chi connectivity index (χ4n) is 9.56. The van der Waals surface area contributed by atoms with Crippen molar-refractivity contribution >= 4 is 33.5 Å². The number of carbonyl (C=O) groups is 2. The lowest BCUT2D eigenvalue weighted by Gasteiger charge is -2.58. The summed E-state index contributed by atoms with van der Waals surface area (Å²) in [4.78, 5) is 24.7. The van der Waals surface area contributed by atoms with Gasteiger partial charge in [-0.3, -0.25) is 9.59 Å². The molecule has 1 amide bonds. The smallest absolute Gasteiger partial charge is 0.317 e. The number of esters is 1. The maximum Gasteiger partial charge on any atom is 0.317 e. The van der Waals surface area contributed by atoms with E-state index in [2.05, 4.69) is 39.1 Å². The van der Waals surface area contributed by atoms with Gasteiger partial charge in [-0.2, -0.15) is 0 Å². The Bertz CT molecular complexity index is 941. The fourth-order valence-corrected chi connectivity index (χ4v) is 11.2. The highest BCUT2D eigenvalue weighted by Crippen LogP contribution is 2.66. The summed E-state index contributed by atoms with van der Waals surface area (Å²) in [5.74, 6) is 4.87. The maximum atomic E-state index is 12.7. The Balaban J connectivity index is 1.18. The van der Waals surface area contributed by atoms with Crippen molar-refractivity contribution in [1.82, 2.24) is 5.32 Å². The van der Waals surface area contributed by atoms with Crippen LogP contribution in [0.3, 0.4) is 0 Å². The molecule has 7 atom stereocenters. The molecule has 0 radical (unpaired) electrons. The zero-order chi connectivity index (χ0) is 30.9.